The lowest BCUT2D eigenvalue weighted by Crippen LogP contribution is -2.45. The van der Waals surface area contributed by atoms with Gasteiger partial charge >= 0.3 is 5.97 Å². The molecule has 1 unspecified atom stereocenters. The maximum Gasteiger partial charge on any atom is 0.303 e. The Hall–Kier alpha value is -3.58. The first-order valence-electron chi connectivity index (χ1n) is 15.8. The Morgan fingerprint density at radius 1 is 0.977 bits per heavy atom. The fourth-order valence-corrected chi connectivity index (χ4v) is 6.72. The number of carboxylic acids is 1. The number of benzene rings is 2. The van der Waals surface area contributed by atoms with Gasteiger partial charge in [-0.15, -0.1) is 0 Å². The average molecular weight is 603 g/mol. The lowest BCUT2D eigenvalue weighted by atomic mass is 9.84. The van der Waals surface area contributed by atoms with E-state index >= 15 is 4.39 Å². The summed E-state index contributed by atoms with van der Waals surface area (Å²) in [6, 6.07) is 10.3. The molecule has 1 aliphatic heterocycles. The molecule has 1 aromatic heterocycles. The van der Waals surface area contributed by atoms with Gasteiger partial charge in [-0.3, -0.25) is 14.4 Å². The lowest BCUT2D eigenvalue weighted by Gasteiger charge is -2.37. The van der Waals surface area contributed by atoms with E-state index < -0.39 is 30.2 Å². The fraction of sp³-hybridized carbons (Fsp3) is 0.486. The van der Waals surface area contributed by atoms with Gasteiger partial charge in [0.05, 0.1) is 12.5 Å². The van der Waals surface area contributed by atoms with Crippen LogP contribution in [0.5, 0.6) is 0 Å². The Balaban J connectivity index is 1.71. The lowest BCUT2D eigenvalue weighted by molar-refractivity contribution is -0.137. The van der Waals surface area contributed by atoms with E-state index in [-0.39, 0.29) is 29.2 Å². The van der Waals surface area contributed by atoms with Crippen molar-refractivity contribution in [2.75, 3.05) is 19.6 Å². The van der Waals surface area contributed by atoms with Crippen molar-refractivity contribution < 1.29 is 19.1 Å². The van der Waals surface area contributed by atoms with Gasteiger partial charge in [-0.05, 0) is 109 Å². The summed E-state index contributed by atoms with van der Waals surface area (Å²) in [4.78, 5) is 41.9. The fourth-order valence-electron chi connectivity index (χ4n) is 6.72. The summed E-state index contributed by atoms with van der Waals surface area (Å²) in [5, 5.41) is 9.86. The molecular formula is C37H47FN2O4. The van der Waals surface area contributed by atoms with E-state index in [0.717, 1.165) is 59.4 Å². The number of Topliss-reactive ketones (excluding diaryl/α,β-unsaturated/α-hetero) is 1. The van der Waals surface area contributed by atoms with E-state index in [1.165, 1.54) is 4.57 Å². The van der Waals surface area contributed by atoms with Crippen molar-refractivity contribution in [1.29, 1.82) is 0 Å². The molecular weight excluding hydrogens is 555 g/mol. The Kier molecular flexibility index (Phi) is 10.6. The molecule has 1 saturated heterocycles. The van der Waals surface area contributed by atoms with Gasteiger partial charge in [-0.25, -0.2) is 4.39 Å². The van der Waals surface area contributed by atoms with Crippen LogP contribution in [-0.4, -0.2) is 46.0 Å². The normalized spacial score (nSPS) is 15.3. The summed E-state index contributed by atoms with van der Waals surface area (Å²) in [6.45, 7) is 16.8. The zero-order valence-electron chi connectivity index (χ0n) is 27.2. The number of hydrogen-bond acceptors (Lipinski definition) is 4. The number of likely N-dealkylation sites (tertiary alicyclic amines) is 1. The molecule has 236 valence electrons. The Bertz CT molecular complexity index is 1560. The summed E-state index contributed by atoms with van der Waals surface area (Å²) in [5.41, 5.74) is 6.13. The van der Waals surface area contributed by atoms with Gasteiger partial charge in [0.15, 0.2) is 5.78 Å². The quantitative estimate of drug-likeness (QED) is 0.224. The number of carboxylic acid groups (broad SMARTS) is 1. The first kappa shape index (κ1) is 33.3. The zero-order valence-corrected chi connectivity index (χ0v) is 27.2. The smallest absolute Gasteiger partial charge is 0.303 e. The number of aryl methyl sites for hydroxylation is 4. The van der Waals surface area contributed by atoms with Crippen LogP contribution in [0.25, 0.3) is 11.1 Å². The monoisotopic (exact) mass is 602 g/mol. The average Bonchev–Trinajstić information content (AvgIpc) is 2.91. The highest BCUT2D eigenvalue weighted by Crippen LogP contribution is 2.36. The molecule has 6 nitrogen and oxygen atoms in total. The summed E-state index contributed by atoms with van der Waals surface area (Å²) < 4.78 is 17.3. The first-order valence-corrected chi connectivity index (χ1v) is 15.8. The summed E-state index contributed by atoms with van der Waals surface area (Å²) in [5.74, 6) is -1.93. The molecule has 2 heterocycles. The number of hydrogen-bond donors (Lipinski definition) is 1. The van der Waals surface area contributed by atoms with E-state index in [2.05, 4.69) is 11.8 Å². The summed E-state index contributed by atoms with van der Waals surface area (Å²) in [6.07, 6.45) is 2.45. The minimum Gasteiger partial charge on any atom is -0.481 e. The Labute approximate surface area is 260 Å². The van der Waals surface area contributed by atoms with Gasteiger partial charge in [-0.2, -0.15) is 0 Å². The van der Waals surface area contributed by atoms with Crippen LogP contribution in [0, 0.1) is 45.3 Å². The number of aliphatic carboxylic acids is 1. The number of pyridine rings is 1. The number of rotatable bonds is 13. The minimum atomic E-state index is -1.10. The number of carbonyl (C=O) groups excluding carboxylic acids is 1. The summed E-state index contributed by atoms with van der Waals surface area (Å²) in [7, 11) is 0. The number of ketones is 1. The molecule has 0 bridgehead atoms. The van der Waals surface area contributed by atoms with E-state index in [1.54, 1.807) is 25.1 Å². The molecule has 3 aromatic rings. The van der Waals surface area contributed by atoms with Crippen LogP contribution < -0.4 is 5.56 Å². The SMILES string of the molecule is Cc1cc(=O)n(C(CC(C)C)C(=O)C[C@@H](CC(=O)O)c2cc(-c3c(C)cccc3C)cc(C)c2F)cc1CCN1CC(C)C1. The van der Waals surface area contributed by atoms with Crippen LogP contribution in [0.2, 0.25) is 0 Å². The molecule has 2 aromatic carbocycles. The number of carbonyl (C=O) groups is 2. The predicted octanol–water partition coefficient (Wildman–Crippen LogP) is 7.19. The molecule has 0 radical (unpaired) electrons. The standard InChI is InChI=1S/C37H47FN2O4/c1-22(2)13-32(40-21-28(26(6)15-34(40)42)11-12-39-19-23(3)20-39)33(41)17-29(18-35(43)44)31-16-30(14-27(7)37(31)38)36-24(4)9-8-10-25(36)5/h8-10,14-16,21-23,29,32H,11-13,17-20H2,1-7H3,(H,43,44)/t29-,32?/m0/s1. The van der Waals surface area contributed by atoms with Gasteiger partial charge in [0.2, 0.25) is 0 Å². The van der Waals surface area contributed by atoms with Gasteiger partial charge in [0.25, 0.3) is 5.56 Å². The van der Waals surface area contributed by atoms with Gasteiger partial charge in [0.1, 0.15) is 5.82 Å². The van der Waals surface area contributed by atoms with Crippen LogP contribution in [-0.2, 0) is 16.0 Å². The first-order chi connectivity index (χ1) is 20.7. The second kappa shape index (κ2) is 14.0. The second-order valence-electron chi connectivity index (χ2n) is 13.4. The highest BCUT2D eigenvalue weighted by Gasteiger charge is 2.30. The number of halogens is 1. The largest absolute Gasteiger partial charge is 0.481 e. The van der Waals surface area contributed by atoms with Gasteiger partial charge in [0, 0.05) is 44.2 Å². The van der Waals surface area contributed by atoms with Gasteiger partial charge in [-0.1, -0.05) is 39.0 Å². The molecule has 2 atom stereocenters. The molecule has 0 saturated carbocycles. The zero-order chi connectivity index (χ0) is 32.3. The maximum absolute atomic E-state index is 15.8. The van der Waals surface area contributed by atoms with E-state index in [0.29, 0.717) is 17.9 Å². The molecule has 1 fully saturated rings. The van der Waals surface area contributed by atoms with Crippen LogP contribution in [0.3, 0.4) is 0 Å². The molecule has 1 N–H and O–H groups in total. The second-order valence-corrected chi connectivity index (χ2v) is 13.4. The Morgan fingerprint density at radius 3 is 2.23 bits per heavy atom. The molecule has 0 amide bonds. The maximum atomic E-state index is 15.8. The van der Waals surface area contributed by atoms with E-state index in [9.17, 15) is 19.5 Å². The topological polar surface area (TPSA) is 79.6 Å². The third-order valence-corrected chi connectivity index (χ3v) is 9.00. The van der Waals surface area contributed by atoms with E-state index in [4.69, 9.17) is 0 Å². The van der Waals surface area contributed by atoms with Gasteiger partial charge < -0.3 is 14.6 Å². The Morgan fingerprint density at radius 2 is 1.64 bits per heavy atom. The summed E-state index contributed by atoms with van der Waals surface area (Å²) >= 11 is 0. The van der Waals surface area contributed by atoms with Crippen LogP contribution in [0.4, 0.5) is 4.39 Å². The van der Waals surface area contributed by atoms with E-state index in [1.807, 2.05) is 59.0 Å². The van der Waals surface area contributed by atoms with Crippen molar-refractivity contribution in [3.8, 4) is 11.1 Å². The van der Waals surface area contributed by atoms with Crippen molar-refractivity contribution in [2.45, 2.75) is 86.1 Å². The molecule has 0 spiro atoms. The number of aromatic nitrogens is 1. The van der Waals surface area contributed by atoms with Crippen molar-refractivity contribution in [2.24, 2.45) is 11.8 Å². The molecule has 7 heteroatoms. The van der Waals surface area contributed by atoms with Crippen molar-refractivity contribution in [1.82, 2.24) is 9.47 Å². The predicted molar refractivity (Wildman–Crippen MR) is 174 cm³/mol. The van der Waals surface area contributed by atoms with Crippen LogP contribution in [0.15, 0.2) is 47.4 Å². The minimum absolute atomic E-state index is 0.104. The molecule has 1 aliphatic rings. The van der Waals surface area contributed by atoms with Crippen molar-refractivity contribution in [3.63, 3.8) is 0 Å². The molecule has 44 heavy (non-hydrogen) atoms. The third kappa shape index (κ3) is 7.73. The highest BCUT2D eigenvalue weighted by molar-refractivity contribution is 5.84. The van der Waals surface area contributed by atoms with Crippen molar-refractivity contribution >= 4 is 11.8 Å². The third-order valence-electron chi connectivity index (χ3n) is 9.00. The van der Waals surface area contributed by atoms with Crippen molar-refractivity contribution in [3.05, 3.63) is 92.1 Å². The molecule has 0 aliphatic carbocycles. The number of nitrogens with zero attached hydrogens (tertiary/aromatic N) is 2. The van der Waals surface area contributed by atoms with Crippen LogP contribution >= 0.6 is 0 Å². The highest BCUT2D eigenvalue weighted by atomic mass is 19.1. The molecule has 4 rings (SSSR count). The van der Waals surface area contributed by atoms with Crippen LogP contribution in [0.1, 0.15) is 85.4 Å².